The summed E-state index contributed by atoms with van der Waals surface area (Å²) >= 11 is 0. The van der Waals surface area contributed by atoms with Gasteiger partial charge in [-0.05, 0) is 98.2 Å². The normalized spacial score (nSPS) is 10.6. The van der Waals surface area contributed by atoms with Gasteiger partial charge < -0.3 is 11.1 Å². The predicted octanol–water partition coefficient (Wildman–Crippen LogP) is 4.04. The van der Waals surface area contributed by atoms with E-state index in [1.807, 2.05) is 13.8 Å². The lowest BCUT2D eigenvalue weighted by Gasteiger charge is -2.16. The fourth-order valence-electron chi connectivity index (χ4n) is 3.05. The molecule has 0 aliphatic heterocycles. The number of nitrogens with one attached hydrogen (secondary N) is 1. The van der Waals surface area contributed by atoms with E-state index in [-0.39, 0.29) is 0 Å². The number of hydrogen-bond donors (Lipinski definition) is 2. The molecule has 2 aromatic rings. The molecule has 0 aliphatic carbocycles. The Labute approximate surface area is 151 Å². The summed E-state index contributed by atoms with van der Waals surface area (Å²) in [6.45, 7) is 9.00. The van der Waals surface area contributed by atoms with Crippen LogP contribution < -0.4 is 11.1 Å². The Balaban J connectivity index is 2.21. The summed E-state index contributed by atoms with van der Waals surface area (Å²) in [4.78, 5) is 0. The van der Waals surface area contributed by atoms with Gasteiger partial charge in [0.15, 0.2) is 0 Å². The predicted molar refractivity (Wildman–Crippen MR) is 108 cm³/mol. The van der Waals surface area contributed by atoms with E-state index in [9.17, 15) is 8.42 Å². The number of nitrogen functional groups attached to an aromatic ring is 1. The molecule has 134 valence electrons. The highest BCUT2D eigenvalue weighted by Crippen LogP contribution is 2.31. The van der Waals surface area contributed by atoms with Gasteiger partial charge in [0.1, 0.15) is 0 Å². The molecule has 0 aliphatic rings. The minimum atomic E-state index is -2.06. The van der Waals surface area contributed by atoms with Crippen LogP contribution >= 0.6 is 0 Å². The van der Waals surface area contributed by atoms with Crippen LogP contribution in [-0.2, 0) is 10.3 Å². The van der Waals surface area contributed by atoms with Crippen molar-refractivity contribution in [2.24, 2.45) is 0 Å². The first kappa shape index (κ1) is 19.1. The first-order valence-corrected chi connectivity index (χ1v) is 9.57. The molecule has 0 heterocycles. The van der Waals surface area contributed by atoms with Crippen molar-refractivity contribution in [3.63, 3.8) is 0 Å². The molecule has 0 spiro atoms. The second kappa shape index (κ2) is 8.21. The Morgan fingerprint density at radius 1 is 0.920 bits per heavy atom. The van der Waals surface area contributed by atoms with Gasteiger partial charge in [-0.15, -0.1) is 0 Å². The second-order valence-electron chi connectivity index (χ2n) is 6.50. The number of benzene rings is 2. The number of aryl methyl sites for hydroxylation is 4. The number of hydrogen-bond acceptors (Lipinski definition) is 4. The smallest absolute Gasteiger partial charge is 0.209 e. The van der Waals surface area contributed by atoms with Crippen molar-refractivity contribution in [2.45, 2.75) is 40.5 Å². The van der Waals surface area contributed by atoms with Gasteiger partial charge in [0, 0.05) is 23.3 Å². The molecule has 0 unspecified atom stereocenters. The molecule has 0 saturated carbocycles. The van der Waals surface area contributed by atoms with Crippen LogP contribution in [-0.4, -0.2) is 20.3 Å². The number of rotatable bonds is 6. The van der Waals surface area contributed by atoms with Crippen molar-refractivity contribution in [3.05, 3.63) is 46.5 Å². The van der Waals surface area contributed by atoms with Gasteiger partial charge in [0.2, 0.25) is 10.3 Å². The van der Waals surface area contributed by atoms with Crippen LogP contribution in [0.15, 0.2) is 24.3 Å². The van der Waals surface area contributed by atoms with Gasteiger partial charge in [-0.3, -0.25) is 0 Å². The summed E-state index contributed by atoms with van der Waals surface area (Å²) in [6, 6.07) is 8.61. The van der Waals surface area contributed by atoms with E-state index in [1.54, 1.807) is 0 Å². The van der Waals surface area contributed by atoms with Crippen molar-refractivity contribution in [3.8, 4) is 11.1 Å². The van der Waals surface area contributed by atoms with Gasteiger partial charge in [0.25, 0.3) is 0 Å². The topological polar surface area (TPSA) is 72.2 Å². The third-order valence-electron chi connectivity index (χ3n) is 4.40. The summed E-state index contributed by atoms with van der Waals surface area (Å²) in [5.74, 6) is 0. The van der Waals surface area contributed by atoms with Crippen LogP contribution in [0.2, 0.25) is 0 Å². The maximum absolute atomic E-state index is 10.5. The molecule has 2 aromatic carbocycles. The van der Waals surface area contributed by atoms with Crippen molar-refractivity contribution in [2.75, 3.05) is 17.6 Å². The summed E-state index contributed by atoms with van der Waals surface area (Å²) in [7, 11) is -2.06. The third kappa shape index (κ3) is 4.86. The van der Waals surface area contributed by atoms with Crippen molar-refractivity contribution in [1.82, 2.24) is 0 Å². The molecular weight excluding hydrogens is 332 g/mol. The minimum Gasteiger partial charge on any atom is -0.398 e. The highest BCUT2D eigenvalue weighted by molar-refractivity contribution is 7.71. The van der Waals surface area contributed by atoms with E-state index >= 15 is 0 Å². The highest BCUT2D eigenvalue weighted by atomic mass is 32.2. The van der Waals surface area contributed by atoms with Crippen molar-refractivity contribution < 1.29 is 8.42 Å². The lowest BCUT2D eigenvalue weighted by Crippen LogP contribution is -2.05. The SMILES string of the molecule is Cc1cc(-c2cc(C)c(NCCCC=S(=O)=O)c(C)c2)cc(C)c1N. The molecule has 4 nitrogen and oxygen atoms in total. The molecule has 0 saturated heterocycles. The van der Waals surface area contributed by atoms with Gasteiger partial charge in [-0.1, -0.05) is 0 Å². The summed E-state index contributed by atoms with van der Waals surface area (Å²) < 4.78 is 21.0. The van der Waals surface area contributed by atoms with Gasteiger partial charge in [-0.25, -0.2) is 0 Å². The van der Waals surface area contributed by atoms with Crippen molar-refractivity contribution >= 4 is 27.0 Å². The second-order valence-corrected chi connectivity index (χ2v) is 7.36. The van der Waals surface area contributed by atoms with Crippen LogP contribution in [0.25, 0.3) is 11.1 Å². The molecule has 0 aromatic heterocycles. The molecule has 2 rings (SSSR count). The van der Waals surface area contributed by atoms with Crippen LogP contribution in [0.5, 0.6) is 0 Å². The number of anilines is 2. The number of unbranched alkanes of at least 4 members (excludes halogenated alkanes) is 1. The van der Waals surface area contributed by atoms with Crippen LogP contribution in [0.1, 0.15) is 35.1 Å². The van der Waals surface area contributed by atoms with E-state index in [0.29, 0.717) is 6.42 Å². The zero-order chi connectivity index (χ0) is 18.6. The Bertz CT molecular complexity index is 861. The average Bonchev–Trinajstić information content (AvgIpc) is 2.53. The Morgan fingerprint density at radius 2 is 1.40 bits per heavy atom. The van der Waals surface area contributed by atoms with E-state index in [1.165, 1.54) is 27.6 Å². The average molecular weight is 359 g/mol. The molecule has 0 bridgehead atoms. The zero-order valence-corrected chi connectivity index (χ0v) is 16.1. The number of nitrogens with two attached hydrogens (primary N) is 1. The molecular formula is C20H26N2O2S. The van der Waals surface area contributed by atoms with E-state index in [2.05, 4.69) is 43.4 Å². The first-order valence-electron chi connectivity index (χ1n) is 8.43. The molecule has 5 heteroatoms. The standard InChI is InChI=1S/C20H26N2O2S/c1-13-9-17(10-14(2)19(13)21)18-11-15(3)20(16(4)12-18)22-7-5-6-8-25(23)24/h8-12,22H,5-7,21H2,1-4H3. The summed E-state index contributed by atoms with van der Waals surface area (Å²) in [5, 5.41) is 4.73. The lowest BCUT2D eigenvalue weighted by molar-refractivity contribution is 0.627. The molecule has 0 atom stereocenters. The van der Waals surface area contributed by atoms with E-state index < -0.39 is 10.3 Å². The van der Waals surface area contributed by atoms with Gasteiger partial charge in [0.05, 0.1) is 0 Å². The molecule has 3 N–H and O–H groups in total. The maximum atomic E-state index is 10.5. The van der Waals surface area contributed by atoms with Gasteiger partial charge in [-0.2, -0.15) is 8.42 Å². The highest BCUT2D eigenvalue weighted by Gasteiger charge is 2.09. The maximum Gasteiger partial charge on any atom is 0.209 e. The fraction of sp³-hybridized carbons (Fsp3) is 0.350. The third-order valence-corrected chi connectivity index (χ3v) is 4.90. The van der Waals surface area contributed by atoms with Crippen LogP contribution in [0, 0.1) is 27.7 Å². The lowest BCUT2D eigenvalue weighted by atomic mass is 9.95. The van der Waals surface area contributed by atoms with Gasteiger partial charge >= 0.3 is 0 Å². The zero-order valence-electron chi connectivity index (χ0n) is 15.3. The molecule has 25 heavy (non-hydrogen) atoms. The quantitative estimate of drug-likeness (QED) is 0.464. The molecule has 0 fully saturated rings. The minimum absolute atomic E-state index is 0.559. The summed E-state index contributed by atoms with van der Waals surface area (Å²) in [6.07, 6.45) is 1.34. The monoisotopic (exact) mass is 358 g/mol. The van der Waals surface area contributed by atoms with E-state index in [0.717, 1.165) is 35.5 Å². The molecule has 0 amide bonds. The van der Waals surface area contributed by atoms with Crippen molar-refractivity contribution in [1.29, 1.82) is 0 Å². The first-order chi connectivity index (χ1) is 11.8. The fourth-order valence-corrected chi connectivity index (χ4v) is 3.40. The molecule has 0 radical (unpaired) electrons. The Kier molecular flexibility index (Phi) is 6.26. The van der Waals surface area contributed by atoms with E-state index in [4.69, 9.17) is 5.73 Å². The van der Waals surface area contributed by atoms with Crippen LogP contribution in [0.4, 0.5) is 11.4 Å². The summed E-state index contributed by atoms with van der Waals surface area (Å²) in [5.41, 5.74) is 14.9. The Hall–Kier alpha value is -2.27. The largest absolute Gasteiger partial charge is 0.398 e. The van der Waals surface area contributed by atoms with Crippen LogP contribution in [0.3, 0.4) is 0 Å². The Morgan fingerprint density at radius 3 is 1.88 bits per heavy atom.